The Morgan fingerprint density at radius 3 is 1.06 bits per heavy atom. The molecule has 0 radical (unpaired) electrons. The minimum atomic E-state index is -0.665. The topological polar surface area (TPSA) is 74.8 Å². The maximum atomic E-state index is 13.3. The Kier molecular flexibility index (Phi) is 3.70. The number of thiocarbonyl (C=S) groups is 1. The van der Waals surface area contributed by atoms with Gasteiger partial charge in [0.05, 0.1) is 0 Å². The van der Waals surface area contributed by atoms with Crippen LogP contribution in [-0.2, 0) is 0 Å². The second-order valence-corrected chi connectivity index (χ2v) is 7.96. The number of hydrogen-bond acceptors (Lipinski definition) is 5. The van der Waals surface area contributed by atoms with Crippen molar-refractivity contribution < 1.29 is 19.2 Å². The van der Waals surface area contributed by atoms with Gasteiger partial charge in [-0.3, -0.25) is 19.2 Å². The maximum Gasteiger partial charge on any atom is 0.267 e. The molecule has 0 fully saturated rings. The highest BCUT2D eigenvalue weighted by Gasteiger charge is 2.43. The maximum absolute atomic E-state index is 13.3. The molecule has 0 aromatic heterocycles. The van der Waals surface area contributed by atoms with Crippen LogP contribution in [0.3, 0.4) is 0 Å². The molecule has 4 aromatic carbocycles. The summed E-state index contributed by atoms with van der Waals surface area (Å²) < 4.78 is 0. The van der Waals surface area contributed by atoms with Crippen LogP contribution in [0.2, 0.25) is 0 Å². The van der Waals surface area contributed by atoms with Gasteiger partial charge in [0.2, 0.25) is 0 Å². The van der Waals surface area contributed by atoms with Crippen LogP contribution in [-0.4, -0.2) is 38.5 Å². The summed E-state index contributed by atoms with van der Waals surface area (Å²) in [7, 11) is 0. The zero-order valence-corrected chi connectivity index (χ0v) is 17.2. The van der Waals surface area contributed by atoms with E-state index in [-0.39, 0.29) is 0 Å². The number of benzene rings is 4. The molecule has 6 nitrogen and oxygen atoms in total. The van der Waals surface area contributed by atoms with Crippen molar-refractivity contribution in [2.75, 3.05) is 0 Å². The van der Waals surface area contributed by atoms with E-state index in [1.54, 1.807) is 48.5 Å². The third-order valence-electron chi connectivity index (χ3n) is 5.93. The Balaban J connectivity index is 1.50. The van der Waals surface area contributed by atoms with E-state index in [1.165, 1.54) is 0 Å². The Hall–Kier alpha value is -4.23. The number of imide groups is 2. The molecular formula is C25H12N2O4S. The predicted octanol–water partition coefficient (Wildman–Crippen LogP) is 4.17. The van der Waals surface area contributed by atoms with Crippen LogP contribution >= 0.6 is 12.2 Å². The van der Waals surface area contributed by atoms with Crippen LogP contribution in [0.5, 0.6) is 0 Å². The average Bonchev–Trinajstić information content (AvgIpc) is 2.81. The molecule has 0 saturated carbocycles. The van der Waals surface area contributed by atoms with Gasteiger partial charge < -0.3 is 0 Å². The number of carbonyl (C=O) groups is 4. The lowest BCUT2D eigenvalue weighted by atomic mass is 9.93. The molecule has 6 rings (SSSR count). The van der Waals surface area contributed by atoms with Crippen molar-refractivity contribution >= 4 is 62.5 Å². The number of nitrogens with zero attached hydrogens (tertiary/aromatic N) is 2. The summed E-state index contributed by atoms with van der Waals surface area (Å²) in [4.78, 5) is 54.8. The predicted molar refractivity (Wildman–Crippen MR) is 121 cm³/mol. The van der Waals surface area contributed by atoms with Gasteiger partial charge in [-0.2, -0.15) is 0 Å². The highest BCUT2D eigenvalue weighted by atomic mass is 32.1. The summed E-state index contributed by atoms with van der Waals surface area (Å²) in [6, 6.07) is 20.5. The molecule has 0 spiro atoms. The Labute approximate surface area is 186 Å². The molecule has 152 valence electrons. The third-order valence-corrected chi connectivity index (χ3v) is 6.29. The van der Waals surface area contributed by atoms with Crippen molar-refractivity contribution in [2.24, 2.45) is 0 Å². The summed E-state index contributed by atoms with van der Waals surface area (Å²) in [6.07, 6.45) is 0. The zero-order valence-electron chi connectivity index (χ0n) is 16.4. The van der Waals surface area contributed by atoms with Gasteiger partial charge in [-0.05, 0) is 47.3 Å². The quantitative estimate of drug-likeness (QED) is 0.306. The van der Waals surface area contributed by atoms with E-state index in [0.717, 1.165) is 20.6 Å². The lowest BCUT2D eigenvalue weighted by Gasteiger charge is -2.33. The van der Waals surface area contributed by atoms with E-state index in [1.807, 2.05) is 24.3 Å². The lowest BCUT2D eigenvalue weighted by molar-refractivity contribution is 0.0650. The second kappa shape index (κ2) is 6.38. The number of rotatable bonds is 0. The van der Waals surface area contributed by atoms with Crippen molar-refractivity contribution in [3.05, 3.63) is 95.1 Å². The van der Waals surface area contributed by atoms with E-state index in [2.05, 4.69) is 0 Å². The van der Waals surface area contributed by atoms with E-state index >= 15 is 0 Å². The monoisotopic (exact) mass is 436 g/mol. The number of amides is 4. The largest absolute Gasteiger partial charge is 0.268 e. The average molecular weight is 436 g/mol. The molecular weight excluding hydrogens is 424 g/mol. The number of hydrogen-bond donors (Lipinski definition) is 0. The first kappa shape index (κ1) is 18.5. The van der Waals surface area contributed by atoms with E-state index < -0.39 is 28.7 Å². The van der Waals surface area contributed by atoms with Gasteiger partial charge in [0.15, 0.2) is 5.11 Å². The van der Waals surface area contributed by atoms with Gasteiger partial charge in [-0.25, -0.2) is 9.80 Å². The van der Waals surface area contributed by atoms with Crippen LogP contribution in [0.25, 0.3) is 21.5 Å². The summed E-state index contributed by atoms with van der Waals surface area (Å²) in [5.74, 6) is -2.66. The number of carbonyl (C=O) groups excluding carboxylic acids is 4. The highest BCUT2D eigenvalue weighted by Crippen LogP contribution is 2.34. The van der Waals surface area contributed by atoms with Crippen LogP contribution < -0.4 is 0 Å². The van der Waals surface area contributed by atoms with Gasteiger partial charge in [0, 0.05) is 33.0 Å². The van der Waals surface area contributed by atoms with Crippen molar-refractivity contribution in [3.8, 4) is 0 Å². The smallest absolute Gasteiger partial charge is 0.267 e. The Bertz CT molecular complexity index is 1370. The van der Waals surface area contributed by atoms with Gasteiger partial charge >= 0.3 is 0 Å². The van der Waals surface area contributed by atoms with Crippen LogP contribution in [0.4, 0.5) is 0 Å². The molecule has 0 aliphatic carbocycles. The standard InChI is InChI=1S/C25H12N2O4S/c28-21-15-9-1-5-13-6-2-10-16(19(13)15)22(29)26(21)25(32)27-23(30)17-11-3-7-14-8-4-12-18(20(14)17)24(27)31/h1-12H. The molecule has 2 aliphatic heterocycles. The molecule has 7 heteroatoms. The summed E-state index contributed by atoms with van der Waals surface area (Å²) in [5, 5.41) is 2.12. The summed E-state index contributed by atoms with van der Waals surface area (Å²) >= 11 is 5.44. The minimum Gasteiger partial charge on any atom is -0.268 e. The van der Waals surface area contributed by atoms with Crippen molar-refractivity contribution in [1.82, 2.24) is 9.80 Å². The zero-order chi connectivity index (χ0) is 22.1. The molecule has 0 unspecified atom stereocenters. The van der Waals surface area contributed by atoms with Crippen molar-refractivity contribution in [1.29, 1.82) is 0 Å². The second-order valence-electron chi connectivity index (χ2n) is 7.59. The molecule has 0 bridgehead atoms. The molecule has 4 amide bonds. The van der Waals surface area contributed by atoms with Gasteiger partial charge in [0.1, 0.15) is 0 Å². The fraction of sp³-hybridized carbons (Fsp3) is 0. The Morgan fingerprint density at radius 2 is 0.781 bits per heavy atom. The molecule has 2 aliphatic rings. The SMILES string of the molecule is O=C1c2cccc3cccc(c23)C(=O)N1C(=S)N1C(=O)c2cccc3cccc(c23)C1=O. The van der Waals surface area contributed by atoms with Crippen LogP contribution in [0.1, 0.15) is 41.4 Å². The molecule has 32 heavy (non-hydrogen) atoms. The van der Waals surface area contributed by atoms with Crippen molar-refractivity contribution in [3.63, 3.8) is 0 Å². The van der Waals surface area contributed by atoms with E-state index in [0.29, 0.717) is 33.0 Å². The molecule has 0 N–H and O–H groups in total. The summed E-state index contributed by atoms with van der Waals surface area (Å²) in [6.45, 7) is 0. The van der Waals surface area contributed by atoms with E-state index in [4.69, 9.17) is 12.2 Å². The summed E-state index contributed by atoms with van der Waals surface area (Å²) in [5.41, 5.74) is 1.16. The first-order valence-corrected chi connectivity index (χ1v) is 10.2. The molecule has 2 heterocycles. The third kappa shape index (κ3) is 2.25. The molecule has 0 saturated heterocycles. The lowest BCUT2D eigenvalue weighted by Crippen LogP contribution is -2.55. The van der Waals surface area contributed by atoms with Gasteiger partial charge in [-0.15, -0.1) is 0 Å². The fourth-order valence-corrected chi connectivity index (χ4v) is 4.84. The fourth-order valence-electron chi connectivity index (χ4n) is 4.51. The van der Waals surface area contributed by atoms with Gasteiger partial charge in [-0.1, -0.05) is 48.5 Å². The first-order chi connectivity index (χ1) is 15.5. The van der Waals surface area contributed by atoms with Crippen molar-refractivity contribution in [2.45, 2.75) is 0 Å². The van der Waals surface area contributed by atoms with E-state index in [9.17, 15) is 19.2 Å². The Morgan fingerprint density at radius 1 is 0.500 bits per heavy atom. The first-order valence-electron chi connectivity index (χ1n) is 9.84. The minimum absolute atomic E-state index is 0.291. The normalized spacial score (nSPS) is 15.1. The van der Waals surface area contributed by atoms with Crippen LogP contribution in [0.15, 0.2) is 72.8 Å². The highest BCUT2D eigenvalue weighted by molar-refractivity contribution is 7.80. The molecule has 0 atom stereocenters. The van der Waals surface area contributed by atoms with Gasteiger partial charge in [0.25, 0.3) is 23.6 Å². The van der Waals surface area contributed by atoms with Crippen LogP contribution in [0, 0.1) is 0 Å². The molecule has 4 aromatic rings.